The highest BCUT2D eigenvalue weighted by atomic mass is 15.1. The van der Waals surface area contributed by atoms with Crippen molar-refractivity contribution in [2.45, 2.75) is 111 Å². The summed E-state index contributed by atoms with van der Waals surface area (Å²) in [7, 11) is 0. The maximum absolute atomic E-state index is 2.78. The molecule has 0 N–H and O–H groups in total. The minimum absolute atomic E-state index is 0.796. The first-order chi connectivity index (χ1) is 9.76. The highest BCUT2D eigenvalue weighted by Crippen LogP contribution is 2.13. The topological polar surface area (TPSA) is 3.24 Å². The van der Waals surface area contributed by atoms with Gasteiger partial charge in [0.15, 0.2) is 0 Å². The van der Waals surface area contributed by atoms with Gasteiger partial charge in [-0.2, -0.15) is 0 Å². The van der Waals surface area contributed by atoms with Crippen molar-refractivity contribution in [2.24, 2.45) is 0 Å². The number of rotatable bonds is 15. The molecule has 20 heavy (non-hydrogen) atoms. The van der Waals surface area contributed by atoms with E-state index >= 15 is 0 Å². The monoisotopic (exact) mass is 283 g/mol. The van der Waals surface area contributed by atoms with Crippen molar-refractivity contribution in [3.05, 3.63) is 0 Å². The van der Waals surface area contributed by atoms with Crippen LogP contribution < -0.4 is 0 Å². The molecule has 1 heteroatoms. The Hall–Kier alpha value is -0.0400. The molecule has 0 saturated carbocycles. The SMILES string of the molecule is CCCCCCN(CCCCCC)C(C)CCCCC. The number of hydrogen-bond acceptors (Lipinski definition) is 1. The molecule has 0 aliphatic carbocycles. The Labute approximate surface area is 129 Å². The molecule has 0 radical (unpaired) electrons. The van der Waals surface area contributed by atoms with Crippen molar-refractivity contribution in [3.8, 4) is 0 Å². The van der Waals surface area contributed by atoms with Gasteiger partial charge in [0.2, 0.25) is 0 Å². The molecular weight excluding hydrogens is 242 g/mol. The van der Waals surface area contributed by atoms with Crippen LogP contribution in [-0.4, -0.2) is 24.0 Å². The molecule has 0 aliphatic rings. The summed E-state index contributed by atoms with van der Waals surface area (Å²) in [5.74, 6) is 0. The third kappa shape index (κ3) is 11.8. The summed E-state index contributed by atoms with van der Waals surface area (Å²) in [5, 5.41) is 0. The van der Waals surface area contributed by atoms with E-state index in [1.54, 1.807) is 0 Å². The summed E-state index contributed by atoms with van der Waals surface area (Å²) < 4.78 is 0. The maximum Gasteiger partial charge on any atom is 0.00669 e. The fraction of sp³-hybridized carbons (Fsp3) is 1.00. The molecule has 0 spiro atoms. The summed E-state index contributed by atoms with van der Waals surface area (Å²) in [5.41, 5.74) is 0. The van der Waals surface area contributed by atoms with E-state index in [2.05, 4.69) is 32.6 Å². The second-order valence-electron chi connectivity index (χ2n) is 6.50. The highest BCUT2D eigenvalue weighted by molar-refractivity contribution is 4.68. The molecule has 0 aromatic rings. The molecule has 0 amide bonds. The van der Waals surface area contributed by atoms with Crippen LogP contribution in [0, 0.1) is 0 Å². The normalized spacial score (nSPS) is 13.1. The van der Waals surface area contributed by atoms with E-state index in [0.29, 0.717) is 0 Å². The Morgan fingerprint density at radius 2 is 1.05 bits per heavy atom. The van der Waals surface area contributed by atoms with Crippen LogP contribution in [0.15, 0.2) is 0 Å². The number of unbranched alkanes of at least 4 members (excludes halogenated alkanes) is 8. The second kappa shape index (κ2) is 15.4. The summed E-state index contributed by atoms with van der Waals surface area (Å²) in [6.07, 6.45) is 16.7. The number of nitrogens with zero attached hydrogens (tertiary/aromatic N) is 1. The lowest BCUT2D eigenvalue weighted by Crippen LogP contribution is -2.35. The van der Waals surface area contributed by atoms with Crippen LogP contribution >= 0.6 is 0 Å². The lowest BCUT2D eigenvalue weighted by Gasteiger charge is -2.29. The lowest BCUT2D eigenvalue weighted by molar-refractivity contribution is 0.188. The Balaban J connectivity index is 3.94. The predicted octanol–water partition coefficient (Wildman–Crippen LogP) is 6.42. The van der Waals surface area contributed by atoms with E-state index in [4.69, 9.17) is 0 Å². The lowest BCUT2D eigenvalue weighted by atomic mass is 10.1. The van der Waals surface area contributed by atoms with Gasteiger partial charge in [-0.3, -0.25) is 0 Å². The first-order valence-corrected chi connectivity index (χ1v) is 9.50. The summed E-state index contributed by atoms with van der Waals surface area (Å²) in [6.45, 7) is 12.0. The Morgan fingerprint density at radius 1 is 0.600 bits per heavy atom. The first-order valence-electron chi connectivity index (χ1n) is 9.50. The summed E-state index contributed by atoms with van der Waals surface area (Å²) in [4.78, 5) is 2.78. The van der Waals surface area contributed by atoms with Crippen LogP contribution in [0.2, 0.25) is 0 Å². The van der Waals surface area contributed by atoms with Crippen LogP contribution in [0.25, 0.3) is 0 Å². The van der Waals surface area contributed by atoms with E-state index in [0.717, 1.165) is 6.04 Å². The van der Waals surface area contributed by atoms with Crippen molar-refractivity contribution < 1.29 is 0 Å². The van der Waals surface area contributed by atoms with Gasteiger partial charge in [-0.1, -0.05) is 78.6 Å². The van der Waals surface area contributed by atoms with Crippen LogP contribution in [0.1, 0.15) is 105 Å². The summed E-state index contributed by atoms with van der Waals surface area (Å²) in [6, 6.07) is 0.796. The van der Waals surface area contributed by atoms with Crippen LogP contribution in [0.5, 0.6) is 0 Å². The molecule has 1 nitrogen and oxygen atoms in total. The average Bonchev–Trinajstić information content (AvgIpc) is 2.45. The zero-order valence-corrected chi connectivity index (χ0v) is 14.9. The van der Waals surface area contributed by atoms with Gasteiger partial charge in [0, 0.05) is 6.04 Å². The standard InChI is InChI=1S/C19H41N/c1-5-8-11-14-17-20(18-15-12-9-6-2)19(4)16-13-10-7-3/h19H,5-18H2,1-4H3. The minimum Gasteiger partial charge on any atom is -0.301 e. The van der Waals surface area contributed by atoms with Gasteiger partial charge >= 0.3 is 0 Å². The molecular formula is C19H41N. The zero-order chi connectivity index (χ0) is 15.1. The van der Waals surface area contributed by atoms with Crippen LogP contribution in [0.4, 0.5) is 0 Å². The molecule has 0 fully saturated rings. The van der Waals surface area contributed by atoms with Gasteiger partial charge < -0.3 is 4.90 Å². The summed E-state index contributed by atoms with van der Waals surface area (Å²) >= 11 is 0. The minimum atomic E-state index is 0.796. The van der Waals surface area contributed by atoms with Gasteiger partial charge in [-0.25, -0.2) is 0 Å². The third-order valence-corrected chi connectivity index (χ3v) is 4.45. The average molecular weight is 284 g/mol. The van der Waals surface area contributed by atoms with E-state index in [-0.39, 0.29) is 0 Å². The van der Waals surface area contributed by atoms with Crippen molar-refractivity contribution in [3.63, 3.8) is 0 Å². The van der Waals surface area contributed by atoms with E-state index in [1.165, 1.54) is 90.1 Å². The Kier molecular flexibility index (Phi) is 15.3. The molecule has 1 atom stereocenters. The molecule has 0 rings (SSSR count). The second-order valence-corrected chi connectivity index (χ2v) is 6.50. The number of hydrogen-bond donors (Lipinski definition) is 0. The molecule has 122 valence electrons. The molecule has 0 heterocycles. The van der Waals surface area contributed by atoms with Crippen LogP contribution in [-0.2, 0) is 0 Å². The van der Waals surface area contributed by atoms with Crippen molar-refractivity contribution in [1.82, 2.24) is 4.90 Å². The Bertz CT molecular complexity index is 167. The molecule has 0 aromatic carbocycles. The smallest absolute Gasteiger partial charge is 0.00669 e. The van der Waals surface area contributed by atoms with Crippen molar-refractivity contribution in [2.75, 3.05) is 13.1 Å². The van der Waals surface area contributed by atoms with Gasteiger partial charge in [0.1, 0.15) is 0 Å². The third-order valence-electron chi connectivity index (χ3n) is 4.45. The quantitative estimate of drug-likeness (QED) is 0.313. The van der Waals surface area contributed by atoms with Gasteiger partial charge in [-0.15, -0.1) is 0 Å². The zero-order valence-electron chi connectivity index (χ0n) is 14.9. The highest BCUT2D eigenvalue weighted by Gasteiger charge is 2.12. The molecule has 0 aliphatic heterocycles. The fourth-order valence-electron chi connectivity index (χ4n) is 2.91. The van der Waals surface area contributed by atoms with Gasteiger partial charge in [0.05, 0.1) is 0 Å². The first kappa shape index (κ1) is 20.0. The van der Waals surface area contributed by atoms with E-state index in [9.17, 15) is 0 Å². The fourth-order valence-corrected chi connectivity index (χ4v) is 2.91. The van der Waals surface area contributed by atoms with E-state index in [1.807, 2.05) is 0 Å². The molecule has 0 saturated heterocycles. The molecule has 1 unspecified atom stereocenters. The van der Waals surface area contributed by atoms with Crippen molar-refractivity contribution in [1.29, 1.82) is 0 Å². The van der Waals surface area contributed by atoms with Crippen molar-refractivity contribution >= 4 is 0 Å². The van der Waals surface area contributed by atoms with Crippen LogP contribution in [0.3, 0.4) is 0 Å². The van der Waals surface area contributed by atoms with Gasteiger partial charge in [-0.05, 0) is 39.3 Å². The van der Waals surface area contributed by atoms with Gasteiger partial charge in [0.25, 0.3) is 0 Å². The Morgan fingerprint density at radius 3 is 1.50 bits per heavy atom. The predicted molar refractivity (Wildman–Crippen MR) is 93.5 cm³/mol. The molecule has 0 bridgehead atoms. The molecule has 0 aromatic heterocycles. The maximum atomic E-state index is 2.78. The van der Waals surface area contributed by atoms with E-state index < -0.39 is 0 Å². The largest absolute Gasteiger partial charge is 0.301 e.